The van der Waals surface area contributed by atoms with Crippen LogP contribution < -0.4 is 5.73 Å². The maximum atomic E-state index is 5.52. The fourth-order valence-corrected chi connectivity index (χ4v) is 1.52. The summed E-state index contributed by atoms with van der Waals surface area (Å²) in [6.45, 7) is 0. The Morgan fingerprint density at radius 3 is 2.93 bits per heavy atom. The molecule has 0 radical (unpaired) electrons. The molecule has 3 N–H and O–H groups in total. The van der Waals surface area contributed by atoms with Gasteiger partial charge in [-0.2, -0.15) is 0 Å². The van der Waals surface area contributed by atoms with E-state index in [2.05, 4.69) is 20.2 Å². The molecule has 2 heterocycles. The van der Waals surface area contributed by atoms with Crippen LogP contribution in [0.25, 0.3) is 22.4 Å². The third-order valence-electron chi connectivity index (χ3n) is 2.13. The van der Waals surface area contributed by atoms with Gasteiger partial charge in [0.1, 0.15) is 0 Å². The number of hydrogen-bond donors (Lipinski definition) is 2. The van der Waals surface area contributed by atoms with Crippen LogP contribution in [-0.4, -0.2) is 20.2 Å². The van der Waals surface area contributed by atoms with Crippen LogP contribution in [0.1, 0.15) is 0 Å². The van der Waals surface area contributed by atoms with Gasteiger partial charge >= 0.3 is 0 Å². The quantitative estimate of drug-likeness (QED) is 0.548. The highest BCUT2D eigenvalue weighted by atomic mass is 15.2. The average Bonchev–Trinajstić information content (AvgIpc) is 2.56. The van der Waals surface area contributed by atoms with E-state index in [-0.39, 0.29) is 0 Å². The van der Waals surface area contributed by atoms with E-state index >= 15 is 0 Å². The van der Waals surface area contributed by atoms with Gasteiger partial charge in [-0.15, -0.1) is 10.2 Å². The van der Waals surface area contributed by atoms with Crippen LogP contribution in [0, 0.1) is 0 Å². The van der Waals surface area contributed by atoms with E-state index in [1.807, 2.05) is 24.3 Å². The van der Waals surface area contributed by atoms with Crippen molar-refractivity contribution in [3.63, 3.8) is 0 Å². The minimum Gasteiger partial charge on any atom is -0.368 e. The number of anilines is 1. The van der Waals surface area contributed by atoms with E-state index in [1.165, 1.54) is 0 Å². The molecular weight excluding hydrogens is 178 g/mol. The first kappa shape index (κ1) is 7.25. The predicted octanol–water partition coefficient (Wildman–Crippen LogP) is 1.04. The Balaban J connectivity index is 2.52. The molecule has 1 aromatic rings. The third kappa shape index (κ3) is 0.861. The van der Waals surface area contributed by atoms with Crippen LogP contribution in [0.3, 0.4) is 0 Å². The summed E-state index contributed by atoms with van der Waals surface area (Å²) in [4.78, 5) is 7.25. The van der Waals surface area contributed by atoms with Crippen molar-refractivity contribution in [3.05, 3.63) is 24.3 Å². The molecule has 0 saturated carbocycles. The molecule has 0 aliphatic carbocycles. The van der Waals surface area contributed by atoms with E-state index in [0.29, 0.717) is 11.8 Å². The van der Waals surface area contributed by atoms with E-state index in [0.717, 1.165) is 16.6 Å². The fourth-order valence-electron chi connectivity index (χ4n) is 1.52. The number of aromatic nitrogens is 4. The van der Waals surface area contributed by atoms with Gasteiger partial charge in [0.2, 0.25) is 5.95 Å². The number of H-pyrrole nitrogens is 1. The normalized spacial score (nSPS) is 11.1. The van der Waals surface area contributed by atoms with E-state index in [1.54, 1.807) is 0 Å². The minimum absolute atomic E-state index is 0.302. The Bertz CT molecular complexity index is 571. The van der Waals surface area contributed by atoms with E-state index < -0.39 is 0 Å². The Morgan fingerprint density at radius 1 is 1.14 bits per heavy atom. The first-order valence-corrected chi connectivity index (χ1v) is 4.21. The maximum Gasteiger partial charge on any atom is 0.218 e. The molecule has 3 rings (SSSR count). The smallest absolute Gasteiger partial charge is 0.218 e. The van der Waals surface area contributed by atoms with Crippen LogP contribution in [0.2, 0.25) is 0 Å². The number of fused-ring (bicyclic) bond motifs is 3. The van der Waals surface area contributed by atoms with Crippen molar-refractivity contribution in [2.75, 3.05) is 5.73 Å². The SMILES string of the molecule is Nc1nnc2nc3ccccc3c-2[nH]1. The van der Waals surface area contributed by atoms with Crippen molar-refractivity contribution in [2.45, 2.75) is 0 Å². The zero-order chi connectivity index (χ0) is 9.54. The third-order valence-corrected chi connectivity index (χ3v) is 2.13. The summed E-state index contributed by atoms with van der Waals surface area (Å²) in [7, 11) is 0. The molecule has 0 fully saturated rings. The van der Waals surface area contributed by atoms with Crippen LogP contribution >= 0.6 is 0 Å². The molecule has 0 aromatic heterocycles. The van der Waals surface area contributed by atoms with E-state index in [9.17, 15) is 0 Å². The zero-order valence-corrected chi connectivity index (χ0v) is 7.23. The number of nitrogens with two attached hydrogens (primary N) is 1. The molecule has 14 heavy (non-hydrogen) atoms. The van der Waals surface area contributed by atoms with Crippen LogP contribution in [0.4, 0.5) is 5.95 Å². The summed E-state index contributed by atoms with van der Waals surface area (Å²) in [5.74, 6) is 0.899. The summed E-state index contributed by atoms with van der Waals surface area (Å²) in [5.41, 5.74) is 7.26. The summed E-state index contributed by atoms with van der Waals surface area (Å²) < 4.78 is 0. The monoisotopic (exact) mass is 185 g/mol. The second kappa shape index (κ2) is 2.41. The largest absolute Gasteiger partial charge is 0.368 e. The molecule has 0 bridgehead atoms. The second-order valence-electron chi connectivity index (χ2n) is 3.04. The zero-order valence-electron chi connectivity index (χ0n) is 7.23. The van der Waals surface area contributed by atoms with Crippen molar-refractivity contribution in [1.82, 2.24) is 20.2 Å². The van der Waals surface area contributed by atoms with Crippen molar-refractivity contribution in [3.8, 4) is 11.5 Å². The van der Waals surface area contributed by atoms with Crippen molar-refractivity contribution in [2.24, 2.45) is 0 Å². The number of nitrogen functional groups attached to an aromatic ring is 1. The van der Waals surface area contributed by atoms with Gasteiger partial charge in [0.15, 0.2) is 5.82 Å². The summed E-state index contributed by atoms with van der Waals surface area (Å²) in [6, 6.07) is 7.79. The number of nitrogens with zero attached hydrogens (tertiary/aromatic N) is 3. The highest BCUT2D eigenvalue weighted by Crippen LogP contribution is 2.26. The summed E-state index contributed by atoms with van der Waals surface area (Å²) in [5, 5.41) is 8.63. The molecule has 0 amide bonds. The van der Waals surface area contributed by atoms with E-state index in [4.69, 9.17) is 5.73 Å². The van der Waals surface area contributed by atoms with Crippen LogP contribution in [-0.2, 0) is 0 Å². The van der Waals surface area contributed by atoms with Crippen molar-refractivity contribution < 1.29 is 0 Å². The Hall–Kier alpha value is -2.17. The highest BCUT2D eigenvalue weighted by Gasteiger charge is 2.13. The summed E-state index contributed by atoms with van der Waals surface area (Å²) in [6.07, 6.45) is 0. The van der Waals surface area contributed by atoms with Crippen LogP contribution in [0.15, 0.2) is 24.3 Å². The molecule has 5 nitrogen and oxygen atoms in total. The minimum atomic E-state index is 0.302. The molecule has 2 aliphatic heterocycles. The molecule has 0 atom stereocenters. The Kier molecular flexibility index (Phi) is 1.25. The van der Waals surface area contributed by atoms with Gasteiger partial charge in [-0.3, -0.25) is 0 Å². The standard InChI is InChI=1S/C9H7N5/c10-9-12-7-5-3-1-2-4-6(5)11-8(7)13-14-9/h1-4H,(H3,10,12,14). The number of benzene rings is 1. The average molecular weight is 185 g/mol. The molecule has 1 aromatic carbocycles. The Morgan fingerprint density at radius 2 is 2.00 bits per heavy atom. The lowest BCUT2D eigenvalue weighted by Crippen LogP contribution is -1.99. The molecule has 5 heteroatoms. The predicted molar refractivity (Wildman–Crippen MR) is 52.7 cm³/mol. The van der Waals surface area contributed by atoms with Gasteiger partial charge in [0.05, 0.1) is 11.2 Å². The molecule has 0 saturated heterocycles. The van der Waals surface area contributed by atoms with Gasteiger partial charge < -0.3 is 10.7 Å². The van der Waals surface area contributed by atoms with Gasteiger partial charge in [0, 0.05) is 5.39 Å². The lowest BCUT2D eigenvalue weighted by molar-refractivity contribution is 0.974. The molecule has 2 aliphatic rings. The second-order valence-corrected chi connectivity index (χ2v) is 3.04. The van der Waals surface area contributed by atoms with Gasteiger partial charge in [-0.05, 0) is 6.07 Å². The lowest BCUT2D eigenvalue weighted by Gasteiger charge is -1.97. The Labute approximate surface area is 79.3 Å². The van der Waals surface area contributed by atoms with Crippen LogP contribution in [0.5, 0.6) is 0 Å². The number of para-hydroxylation sites is 1. The summed E-state index contributed by atoms with van der Waals surface area (Å²) >= 11 is 0. The van der Waals surface area contributed by atoms with Gasteiger partial charge in [0.25, 0.3) is 0 Å². The number of rotatable bonds is 0. The number of nitrogens with one attached hydrogen (secondary N) is 1. The first-order valence-electron chi connectivity index (χ1n) is 4.21. The molecular formula is C9H7N5. The first-order chi connectivity index (χ1) is 6.84. The van der Waals surface area contributed by atoms with Gasteiger partial charge in [-0.25, -0.2) is 4.98 Å². The number of hydrogen-bond acceptors (Lipinski definition) is 4. The van der Waals surface area contributed by atoms with Crippen molar-refractivity contribution in [1.29, 1.82) is 0 Å². The van der Waals surface area contributed by atoms with Crippen molar-refractivity contribution >= 4 is 16.9 Å². The maximum absolute atomic E-state index is 5.52. The fraction of sp³-hybridized carbons (Fsp3) is 0. The van der Waals surface area contributed by atoms with Gasteiger partial charge in [-0.1, -0.05) is 18.2 Å². The molecule has 0 unspecified atom stereocenters. The molecule has 0 spiro atoms. The topological polar surface area (TPSA) is 80.5 Å². The molecule has 68 valence electrons. The lowest BCUT2D eigenvalue weighted by atomic mass is 10.2. The highest BCUT2D eigenvalue weighted by molar-refractivity contribution is 5.94. The number of aromatic amines is 1.